The molecule has 3 heterocycles. The van der Waals surface area contributed by atoms with Gasteiger partial charge in [-0.15, -0.1) is 0 Å². The van der Waals surface area contributed by atoms with Gasteiger partial charge in [-0.05, 0) is 24.3 Å². The average molecular weight is 596 g/mol. The fourth-order valence-corrected chi connectivity index (χ4v) is 4.58. The standard InChI is InChI=1S/C26H28O16/c27-6-13-16(32)18(34)20(36)26(40-13)41-23-17(33)14-10(29)5-12(8-1-3-9(28)4-2-8)39-22(14)24(21(23)37)42-25-19(35)15(31)11(30)7-38-25/h1-5,11,13,15-16,18-20,25-28,30-37H,6-7H2/t11-,13+,15+,16+,18-,19+,20+,25+,26+/m0/s1. The summed E-state index contributed by atoms with van der Waals surface area (Å²) in [4.78, 5) is 13.3. The van der Waals surface area contributed by atoms with Crippen LogP contribution in [0.3, 0.4) is 0 Å². The predicted molar refractivity (Wildman–Crippen MR) is 136 cm³/mol. The van der Waals surface area contributed by atoms with E-state index in [9.17, 15) is 55.9 Å². The molecule has 0 radical (unpaired) electrons. The number of aromatic hydroxyl groups is 3. The van der Waals surface area contributed by atoms with Crippen molar-refractivity contribution in [1.29, 1.82) is 0 Å². The van der Waals surface area contributed by atoms with E-state index in [0.717, 1.165) is 6.07 Å². The lowest BCUT2D eigenvalue weighted by molar-refractivity contribution is -0.277. The molecule has 3 aromatic rings. The molecule has 0 aliphatic carbocycles. The molecule has 10 N–H and O–H groups in total. The van der Waals surface area contributed by atoms with Crippen LogP contribution in [0.4, 0.5) is 0 Å². The lowest BCUT2D eigenvalue weighted by Crippen LogP contribution is -2.60. The van der Waals surface area contributed by atoms with E-state index in [2.05, 4.69) is 0 Å². The number of phenols is 3. The van der Waals surface area contributed by atoms with E-state index in [1.165, 1.54) is 24.3 Å². The fourth-order valence-electron chi connectivity index (χ4n) is 4.58. The lowest BCUT2D eigenvalue weighted by atomic mass is 9.99. The Bertz CT molecular complexity index is 1490. The van der Waals surface area contributed by atoms with Crippen LogP contribution in [0, 0.1) is 0 Å². The predicted octanol–water partition coefficient (Wildman–Crippen LogP) is -2.43. The second kappa shape index (κ2) is 11.5. The van der Waals surface area contributed by atoms with Crippen molar-refractivity contribution in [2.45, 2.75) is 55.3 Å². The molecule has 42 heavy (non-hydrogen) atoms. The van der Waals surface area contributed by atoms with Crippen molar-refractivity contribution in [3.8, 4) is 40.1 Å². The number of rotatable bonds is 6. The maximum atomic E-state index is 13.3. The van der Waals surface area contributed by atoms with Crippen molar-refractivity contribution in [3.63, 3.8) is 0 Å². The van der Waals surface area contributed by atoms with Gasteiger partial charge in [0.1, 0.15) is 59.6 Å². The minimum Gasteiger partial charge on any atom is -0.508 e. The monoisotopic (exact) mass is 596 g/mol. The van der Waals surface area contributed by atoms with Gasteiger partial charge in [0.2, 0.25) is 29.8 Å². The number of aliphatic hydroxyl groups is 7. The largest absolute Gasteiger partial charge is 0.508 e. The quantitative estimate of drug-likeness (QED) is 0.142. The van der Waals surface area contributed by atoms with E-state index >= 15 is 0 Å². The van der Waals surface area contributed by atoms with Crippen molar-refractivity contribution in [2.75, 3.05) is 13.2 Å². The molecule has 2 saturated heterocycles. The molecule has 2 aliphatic rings. The van der Waals surface area contributed by atoms with Gasteiger partial charge in [0.05, 0.1) is 13.2 Å². The van der Waals surface area contributed by atoms with E-state index in [0.29, 0.717) is 0 Å². The van der Waals surface area contributed by atoms with E-state index < -0.39 is 108 Å². The maximum absolute atomic E-state index is 13.3. The molecule has 16 heteroatoms. The summed E-state index contributed by atoms with van der Waals surface area (Å²) in [5.74, 6) is -4.00. The molecule has 228 valence electrons. The van der Waals surface area contributed by atoms with Gasteiger partial charge in [0.15, 0.2) is 16.8 Å². The summed E-state index contributed by atoms with van der Waals surface area (Å²) in [6, 6.07) is 6.40. The number of fused-ring (bicyclic) bond motifs is 1. The second-order valence-corrected chi connectivity index (χ2v) is 9.76. The summed E-state index contributed by atoms with van der Waals surface area (Å²) in [7, 11) is 0. The van der Waals surface area contributed by atoms with Gasteiger partial charge < -0.3 is 74.4 Å². The Hall–Kier alpha value is -3.71. The van der Waals surface area contributed by atoms with Gasteiger partial charge in [-0.2, -0.15) is 0 Å². The van der Waals surface area contributed by atoms with Gasteiger partial charge in [0, 0.05) is 11.6 Å². The molecular weight excluding hydrogens is 568 g/mol. The SMILES string of the molecule is O=c1cc(-c2ccc(O)cc2)oc2c(O[C@H]3OC[C@H](O)[C@@H](O)[C@H]3O)c(O)c(O[C@H]3O[C@H](CO)[C@@H](O)[C@H](O)[C@H]3O)c(O)c12. The molecule has 0 unspecified atom stereocenters. The van der Waals surface area contributed by atoms with Crippen molar-refractivity contribution < 1.29 is 74.4 Å². The number of hydrogen-bond acceptors (Lipinski definition) is 16. The zero-order valence-electron chi connectivity index (χ0n) is 21.4. The summed E-state index contributed by atoms with van der Waals surface area (Å²) in [5, 5.41) is 102. The third-order valence-corrected chi connectivity index (χ3v) is 6.96. The first-order valence-electron chi connectivity index (χ1n) is 12.6. The van der Waals surface area contributed by atoms with E-state index in [4.69, 9.17) is 23.4 Å². The number of benzene rings is 2. The molecule has 2 aliphatic heterocycles. The molecule has 2 fully saturated rings. The Kier molecular flexibility index (Phi) is 8.17. The van der Waals surface area contributed by atoms with Crippen LogP contribution in [-0.2, 0) is 9.47 Å². The van der Waals surface area contributed by atoms with Crippen molar-refractivity contribution >= 4 is 11.0 Å². The number of ether oxygens (including phenoxy) is 4. The summed E-state index contributed by atoms with van der Waals surface area (Å²) < 4.78 is 27.3. The van der Waals surface area contributed by atoms with Crippen LogP contribution in [0.2, 0.25) is 0 Å². The topological polar surface area (TPSA) is 269 Å². The molecule has 0 bridgehead atoms. The normalized spacial score (nSPS) is 31.6. The van der Waals surface area contributed by atoms with Crippen LogP contribution in [-0.4, -0.2) is 120 Å². The minimum absolute atomic E-state index is 0.0830. The van der Waals surface area contributed by atoms with Crippen LogP contribution < -0.4 is 14.9 Å². The van der Waals surface area contributed by atoms with Crippen molar-refractivity contribution in [2.24, 2.45) is 0 Å². The Morgan fingerprint density at radius 2 is 1.43 bits per heavy atom. The number of phenolic OH excluding ortho intramolecular Hbond substituents is 3. The molecule has 16 nitrogen and oxygen atoms in total. The van der Waals surface area contributed by atoms with Crippen LogP contribution >= 0.6 is 0 Å². The second-order valence-electron chi connectivity index (χ2n) is 9.76. The highest BCUT2D eigenvalue weighted by molar-refractivity contribution is 5.95. The summed E-state index contributed by atoms with van der Waals surface area (Å²) >= 11 is 0. The van der Waals surface area contributed by atoms with Gasteiger partial charge >= 0.3 is 0 Å². The molecule has 5 rings (SSSR count). The summed E-state index contributed by atoms with van der Waals surface area (Å²) in [6.07, 6.45) is -15.8. The third kappa shape index (κ3) is 5.19. The highest BCUT2D eigenvalue weighted by Gasteiger charge is 2.46. The summed E-state index contributed by atoms with van der Waals surface area (Å²) in [5.41, 5.74) is -1.20. The molecule has 9 atom stereocenters. The molecular formula is C26H28O16. The van der Waals surface area contributed by atoms with Crippen LogP contribution in [0.15, 0.2) is 39.5 Å². The minimum atomic E-state index is -1.98. The molecule has 0 saturated carbocycles. The Balaban J connectivity index is 1.66. The van der Waals surface area contributed by atoms with Crippen molar-refractivity contribution in [3.05, 3.63) is 40.6 Å². The first-order valence-corrected chi connectivity index (χ1v) is 12.6. The number of hydrogen-bond donors (Lipinski definition) is 10. The highest BCUT2D eigenvalue weighted by Crippen LogP contribution is 2.51. The molecule has 1 aromatic heterocycles. The van der Waals surface area contributed by atoms with Crippen LogP contribution in [0.1, 0.15) is 0 Å². The first-order chi connectivity index (χ1) is 19.9. The van der Waals surface area contributed by atoms with Gasteiger partial charge in [-0.25, -0.2) is 0 Å². The average Bonchev–Trinajstić information content (AvgIpc) is 2.97. The first kappa shape index (κ1) is 29.8. The smallest absolute Gasteiger partial charge is 0.229 e. The zero-order chi connectivity index (χ0) is 30.5. The molecule has 2 aromatic carbocycles. The van der Waals surface area contributed by atoms with Gasteiger partial charge in [0.25, 0.3) is 0 Å². The van der Waals surface area contributed by atoms with E-state index in [1.54, 1.807) is 0 Å². The van der Waals surface area contributed by atoms with Gasteiger partial charge in [-0.3, -0.25) is 4.79 Å². The van der Waals surface area contributed by atoms with Gasteiger partial charge in [-0.1, -0.05) is 0 Å². The summed E-state index contributed by atoms with van der Waals surface area (Å²) in [6.45, 7) is -1.32. The van der Waals surface area contributed by atoms with Crippen LogP contribution in [0.25, 0.3) is 22.3 Å². The molecule has 0 amide bonds. The molecule has 0 spiro atoms. The highest BCUT2D eigenvalue weighted by atomic mass is 16.7. The van der Waals surface area contributed by atoms with E-state index in [1.807, 2.05) is 0 Å². The van der Waals surface area contributed by atoms with Crippen LogP contribution in [0.5, 0.6) is 28.7 Å². The fraction of sp³-hybridized carbons (Fsp3) is 0.423. The maximum Gasteiger partial charge on any atom is 0.229 e. The zero-order valence-corrected chi connectivity index (χ0v) is 21.4. The Morgan fingerprint density at radius 3 is 2.10 bits per heavy atom. The lowest BCUT2D eigenvalue weighted by Gasteiger charge is -2.39. The third-order valence-electron chi connectivity index (χ3n) is 6.96. The Morgan fingerprint density at radius 1 is 0.786 bits per heavy atom. The number of aliphatic hydroxyl groups excluding tert-OH is 7. The van der Waals surface area contributed by atoms with Crippen molar-refractivity contribution in [1.82, 2.24) is 0 Å². The van der Waals surface area contributed by atoms with E-state index in [-0.39, 0.29) is 17.1 Å². The Labute approximate surface area is 235 Å².